The van der Waals surface area contributed by atoms with Gasteiger partial charge in [0.2, 0.25) is 11.7 Å². The van der Waals surface area contributed by atoms with E-state index in [9.17, 15) is 18.0 Å². The van der Waals surface area contributed by atoms with E-state index in [0.717, 1.165) is 43.6 Å². The van der Waals surface area contributed by atoms with Crippen LogP contribution in [0.4, 0.5) is 23.4 Å². The molecule has 3 saturated heterocycles. The van der Waals surface area contributed by atoms with Crippen LogP contribution in [-0.4, -0.2) is 95.4 Å². The maximum Gasteiger partial charge on any atom is 0.319 e. The molecule has 1 saturated carbocycles. The van der Waals surface area contributed by atoms with Gasteiger partial charge in [-0.1, -0.05) is 18.7 Å². The third-order valence-electron chi connectivity index (χ3n) is 10.3. The van der Waals surface area contributed by atoms with Crippen LogP contribution >= 0.6 is 11.3 Å². The number of benzene rings is 2. The van der Waals surface area contributed by atoms with Crippen LogP contribution in [0.15, 0.2) is 42.7 Å². The van der Waals surface area contributed by atoms with Crippen LogP contribution in [0.3, 0.4) is 0 Å². The molecule has 3 aliphatic heterocycles. The van der Waals surface area contributed by atoms with Gasteiger partial charge >= 0.3 is 6.01 Å². The Kier molecular flexibility index (Phi) is 8.30. The van der Waals surface area contributed by atoms with Crippen molar-refractivity contribution in [3.05, 3.63) is 65.1 Å². The average molecular weight is 707 g/mol. The quantitative estimate of drug-likeness (QED) is 0.109. The molecule has 4 aromatic rings. The number of rotatable bonds is 9. The normalized spacial score (nSPS) is 23.7. The van der Waals surface area contributed by atoms with E-state index in [-0.39, 0.29) is 50.3 Å². The number of amides is 1. The van der Waals surface area contributed by atoms with Crippen LogP contribution in [0.5, 0.6) is 11.8 Å². The predicted octanol–water partition coefficient (Wildman–Crippen LogP) is 6.71. The first-order chi connectivity index (χ1) is 24.2. The zero-order valence-electron chi connectivity index (χ0n) is 27.1. The Hall–Kier alpha value is -4.48. The summed E-state index contributed by atoms with van der Waals surface area (Å²) in [6, 6.07) is 8.13. The van der Waals surface area contributed by atoms with Crippen molar-refractivity contribution in [2.45, 2.75) is 56.0 Å². The number of hydrogen-bond acceptors (Lipinski definition) is 8. The third-order valence-corrected chi connectivity index (χ3v) is 11.2. The monoisotopic (exact) mass is 706 g/mol. The maximum atomic E-state index is 15.2. The lowest BCUT2D eigenvalue weighted by Gasteiger charge is -2.39. The highest BCUT2D eigenvalue weighted by molar-refractivity contribution is 7.17. The molecule has 3 atom stereocenters. The zero-order valence-corrected chi connectivity index (χ0v) is 28.0. The Morgan fingerprint density at radius 2 is 1.96 bits per heavy atom. The number of carbonyl (C=O) groups excluding carboxylic acids is 1. The highest BCUT2D eigenvalue weighted by atomic mass is 32.1. The van der Waals surface area contributed by atoms with Crippen LogP contribution in [0.25, 0.3) is 37.0 Å². The van der Waals surface area contributed by atoms with Gasteiger partial charge in [-0.25, -0.2) is 19.7 Å². The van der Waals surface area contributed by atoms with Gasteiger partial charge in [0, 0.05) is 53.6 Å². The second-order valence-corrected chi connectivity index (χ2v) is 14.6. The Morgan fingerprint density at radius 3 is 2.74 bits per heavy atom. The number of thiophene rings is 1. The number of alkyl halides is 1. The SMILES string of the molecule is [C-]#[N+]C[C@H]1CN(c2nc(OC[C@@]34CCCN3C[C@H](F)C4)nc3c(OC4CC4)c(-c4cccc5sc(F)c(F)c45)ccc23)CCN1C(=O)C(=C)F. The number of carbonyl (C=O) groups is 1. The van der Waals surface area contributed by atoms with Crippen molar-refractivity contribution in [3.63, 3.8) is 0 Å². The summed E-state index contributed by atoms with van der Waals surface area (Å²) in [4.78, 5) is 31.3. The molecule has 4 aliphatic rings. The van der Waals surface area contributed by atoms with Crippen LogP contribution in [0.2, 0.25) is 0 Å². The van der Waals surface area contributed by atoms with E-state index in [4.69, 9.17) is 26.0 Å². The van der Waals surface area contributed by atoms with Gasteiger partial charge in [-0.15, -0.1) is 11.3 Å². The average Bonchev–Trinajstić information content (AvgIpc) is 3.66. The van der Waals surface area contributed by atoms with Gasteiger partial charge in [0.25, 0.3) is 5.91 Å². The summed E-state index contributed by atoms with van der Waals surface area (Å²) >= 11 is 0.737. The zero-order chi connectivity index (χ0) is 34.7. The highest BCUT2D eigenvalue weighted by Gasteiger charge is 2.49. The molecule has 1 amide bonds. The summed E-state index contributed by atoms with van der Waals surface area (Å²) in [7, 11) is 0. The Morgan fingerprint density at radius 1 is 1.12 bits per heavy atom. The lowest BCUT2D eigenvalue weighted by Crippen LogP contribution is -2.56. The van der Waals surface area contributed by atoms with Gasteiger partial charge in [-0.2, -0.15) is 14.4 Å². The smallest absolute Gasteiger partial charge is 0.319 e. The van der Waals surface area contributed by atoms with Crippen molar-refractivity contribution < 1.29 is 31.8 Å². The van der Waals surface area contributed by atoms with E-state index in [1.807, 2.05) is 4.90 Å². The molecule has 1 aliphatic carbocycles. The Labute approximate surface area is 289 Å². The summed E-state index contributed by atoms with van der Waals surface area (Å²) in [6.45, 7) is 12.5. The fraction of sp³-hybridized carbons (Fsp3) is 0.444. The predicted molar refractivity (Wildman–Crippen MR) is 182 cm³/mol. The second-order valence-electron chi connectivity index (χ2n) is 13.6. The van der Waals surface area contributed by atoms with Crippen molar-refractivity contribution in [3.8, 4) is 22.9 Å². The van der Waals surface area contributed by atoms with Crippen molar-refractivity contribution >= 4 is 44.1 Å². The summed E-state index contributed by atoms with van der Waals surface area (Å²) in [5.41, 5.74) is 0.915. The molecule has 50 heavy (non-hydrogen) atoms. The van der Waals surface area contributed by atoms with E-state index < -0.39 is 40.4 Å². The van der Waals surface area contributed by atoms with Crippen LogP contribution in [0.1, 0.15) is 32.1 Å². The van der Waals surface area contributed by atoms with Crippen LogP contribution < -0.4 is 14.4 Å². The molecule has 0 spiro atoms. The molecule has 4 fully saturated rings. The molecule has 8 rings (SSSR count). The molecule has 0 unspecified atom stereocenters. The number of anilines is 1. The molecule has 2 aromatic carbocycles. The minimum Gasteiger partial charge on any atom is -0.487 e. The standard InChI is InChI=1S/C36H34F4N6O3S/c1-20(37)34(47)46-14-13-44(18-22(46)16-41-2)33-26-10-9-25(24-5-3-6-27-28(24)29(39)32(40)50-27)31(49-23-7-8-23)30(26)42-35(43-33)48-19-36-11-4-12-45(36)17-21(38)15-36/h3,5-6,9-10,21-23H,1,4,7-8,11-19H2/t21-,22+,36+/m1/s1. The molecule has 5 heterocycles. The van der Waals surface area contributed by atoms with Gasteiger partial charge in [0.1, 0.15) is 30.2 Å². The van der Waals surface area contributed by atoms with Gasteiger partial charge in [0.05, 0.1) is 11.6 Å². The summed E-state index contributed by atoms with van der Waals surface area (Å²) in [6.07, 6.45) is 2.67. The number of nitrogens with zero attached hydrogens (tertiary/aromatic N) is 6. The molecule has 9 nitrogen and oxygen atoms in total. The number of aromatic nitrogens is 2. The maximum absolute atomic E-state index is 15.2. The highest BCUT2D eigenvalue weighted by Crippen LogP contribution is 2.46. The molecule has 260 valence electrons. The fourth-order valence-electron chi connectivity index (χ4n) is 7.81. The number of halogens is 4. The van der Waals surface area contributed by atoms with E-state index in [1.54, 1.807) is 30.3 Å². The molecule has 2 aromatic heterocycles. The molecular weight excluding hydrogens is 672 g/mol. The summed E-state index contributed by atoms with van der Waals surface area (Å²) < 4.78 is 71.7. The van der Waals surface area contributed by atoms with Crippen molar-refractivity contribution in [2.75, 3.05) is 50.8 Å². The first-order valence-corrected chi connectivity index (χ1v) is 17.6. The number of hydrogen-bond donors (Lipinski definition) is 0. The summed E-state index contributed by atoms with van der Waals surface area (Å²) in [5.74, 6) is -2.04. The van der Waals surface area contributed by atoms with Gasteiger partial charge in [-0.3, -0.25) is 9.69 Å². The largest absolute Gasteiger partial charge is 0.487 e. The van der Waals surface area contributed by atoms with Crippen LogP contribution in [0, 0.1) is 17.5 Å². The minimum atomic E-state index is -1.09. The van der Waals surface area contributed by atoms with Crippen molar-refractivity contribution in [1.82, 2.24) is 19.8 Å². The first-order valence-electron chi connectivity index (χ1n) is 16.8. The minimum absolute atomic E-state index is 0.0390. The van der Waals surface area contributed by atoms with E-state index in [1.165, 1.54) is 4.90 Å². The van der Waals surface area contributed by atoms with Gasteiger partial charge in [-0.05, 0) is 56.0 Å². The lowest BCUT2D eigenvalue weighted by molar-refractivity contribution is -0.131. The molecular formula is C36H34F4N6O3S. The third kappa shape index (κ3) is 5.70. The van der Waals surface area contributed by atoms with Crippen molar-refractivity contribution in [2.24, 2.45) is 0 Å². The Balaban J connectivity index is 1.27. The number of fused-ring (bicyclic) bond motifs is 3. The topological polar surface area (TPSA) is 75.4 Å². The molecule has 0 radical (unpaired) electrons. The van der Waals surface area contributed by atoms with Crippen molar-refractivity contribution in [1.29, 1.82) is 0 Å². The lowest BCUT2D eigenvalue weighted by atomic mass is 9.95. The molecule has 0 N–H and O–H groups in total. The fourth-order valence-corrected chi connectivity index (χ4v) is 8.64. The molecule has 14 heteroatoms. The summed E-state index contributed by atoms with van der Waals surface area (Å²) in [5, 5.41) is -0.160. The van der Waals surface area contributed by atoms with E-state index in [2.05, 4.69) is 16.3 Å². The van der Waals surface area contributed by atoms with Gasteiger partial charge in [0.15, 0.2) is 17.4 Å². The Bertz CT molecular complexity index is 2070. The number of ether oxygens (including phenoxy) is 2. The number of piperazine rings is 1. The molecule has 0 bridgehead atoms. The van der Waals surface area contributed by atoms with E-state index in [0.29, 0.717) is 51.3 Å². The van der Waals surface area contributed by atoms with E-state index >= 15 is 4.39 Å². The first kappa shape index (κ1) is 32.7. The van der Waals surface area contributed by atoms with Crippen LogP contribution in [-0.2, 0) is 4.79 Å². The second kappa shape index (κ2) is 12.7. The van der Waals surface area contributed by atoms with Gasteiger partial charge < -0.3 is 24.1 Å².